The Kier molecular flexibility index (Phi) is 4.06. The van der Waals surface area contributed by atoms with E-state index in [1.165, 1.54) is 0 Å². The van der Waals surface area contributed by atoms with Crippen LogP contribution in [0, 0.1) is 0 Å². The molecule has 0 aliphatic carbocycles. The van der Waals surface area contributed by atoms with E-state index in [4.69, 9.17) is 11.6 Å². The predicted octanol–water partition coefficient (Wildman–Crippen LogP) is 1.77. The minimum Gasteiger partial charge on any atom is -0.763 e. The van der Waals surface area contributed by atoms with Gasteiger partial charge in [-0.15, -0.1) is 0 Å². The van der Waals surface area contributed by atoms with Crippen molar-refractivity contribution in [2.75, 3.05) is 0 Å². The third-order valence-corrected chi connectivity index (χ3v) is 4.14. The fraction of sp³-hybridized carbons (Fsp3) is 0.118. The third kappa shape index (κ3) is 2.68. The van der Waals surface area contributed by atoms with Crippen molar-refractivity contribution < 1.29 is 14.2 Å². The summed E-state index contributed by atoms with van der Waals surface area (Å²) in [6.45, 7) is 0. The van der Waals surface area contributed by atoms with Crippen molar-refractivity contribution in [2.45, 2.75) is 12.0 Å². The normalized spacial score (nSPS) is 20.8. The van der Waals surface area contributed by atoms with Gasteiger partial charge in [0, 0.05) is 17.2 Å². The van der Waals surface area contributed by atoms with E-state index in [1.807, 2.05) is 11.9 Å². The van der Waals surface area contributed by atoms with Gasteiger partial charge in [0.1, 0.15) is 0 Å². The molecule has 3 rings (SSSR count). The summed E-state index contributed by atoms with van der Waals surface area (Å²) in [5, 5.41) is 12.1. The molecule has 1 N–H and O–H groups in total. The summed E-state index contributed by atoms with van der Waals surface area (Å²) >= 11 is 6.25. The number of benzene rings is 1. The summed E-state index contributed by atoms with van der Waals surface area (Å²) in [6, 6.07) is 11.5. The molecule has 23 heavy (non-hydrogen) atoms. The summed E-state index contributed by atoms with van der Waals surface area (Å²) in [4.78, 5) is 24.5. The molecule has 2 atom stereocenters. The van der Waals surface area contributed by atoms with Gasteiger partial charge in [0.25, 0.3) is 11.8 Å². The lowest BCUT2D eigenvalue weighted by Crippen LogP contribution is -2.57. The second-order valence-electron chi connectivity index (χ2n) is 5.11. The molecule has 6 heteroatoms. The molecule has 0 radical (unpaired) electrons. The molecule has 0 spiro atoms. The second kappa shape index (κ2) is 6.16. The molecule has 0 unspecified atom stereocenters. The minimum atomic E-state index is -0.761. The highest BCUT2D eigenvalue weighted by atomic mass is 35.5. The Labute approximate surface area is 137 Å². The smallest absolute Gasteiger partial charge is 0.296 e. The maximum Gasteiger partial charge on any atom is 0.296 e. The van der Waals surface area contributed by atoms with Crippen LogP contribution < -0.4 is 9.88 Å². The van der Waals surface area contributed by atoms with Crippen LogP contribution in [0.1, 0.15) is 17.5 Å². The van der Waals surface area contributed by atoms with Gasteiger partial charge in [-0.3, -0.25) is 20.8 Å². The standard InChI is InChI=1S/C17H12ClN3O2/c18-13-7-3-2-6-11(13)14-12(10-19)16(22)20-17(23)15(14)21-8-4-1-5-9-21/h1-9,14-15H,(H,20,22,23)/t14-,15-/m1/s1. The number of carbonyl (C=O) groups is 2. The Hall–Kier alpha value is -2.75. The molecule has 1 aromatic heterocycles. The van der Waals surface area contributed by atoms with Crippen LogP contribution >= 0.6 is 11.6 Å². The van der Waals surface area contributed by atoms with Crippen LogP contribution in [0.15, 0.2) is 60.4 Å². The van der Waals surface area contributed by atoms with Crippen molar-refractivity contribution >= 4 is 29.3 Å². The van der Waals surface area contributed by atoms with E-state index < -0.39 is 23.8 Å². The predicted molar refractivity (Wildman–Crippen MR) is 84.9 cm³/mol. The number of hydrogen-bond acceptors (Lipinski definition) is 2. The Morgan fingerprint density at radius 2 is 1.78 bits per heavy atom. The van der Waals surface area contributed by atoms with Gasteiger partial charge in [0.05, 0.1) is 11.5 Å². The van der Waals surface area contributed by atoms with Gasteiger partial charge >= 0.3 is 0 Å². The highest BCUT2D eigenvalue weighted by Gasteiger charge is 2.46. The first-order valence-electron chi connectivity index (χ1n) is 6.96. The first-order chi connectivity index (χ1) is 11.1. The second-order valence-corrected chi connectivity index (χ2v) is 5.52. The first-order valence-corrected chi connectivity index (χ1v) is 7.33. The van der Waals surface area contributed by atoms with Crippen LogP contribution in [-0.2, 0) is 9.59 Å². The number of nitrogens with one attached hydrogen (secondary N) is 1. The molecule has 1 fully saturated rings. The molecule has 1 aliphatic heterocycles. The number of amides is 2. The van der Waals surface area contributed by atoms with E-state index in [2.05, 4.69) is 5.32 Å². The van der Waals surface area contributed by atoms with Crippen molar-refractivity contribution in [1.29, 1.82) is 0 Å². The zero-order valence-electron chi connectivity index (χ0n) is 11.9. The number of rotatable bonds is 2. The van der Waals surface area contributed by atoms with Gasteiger partial charge in [0.2, 0.25) is 6.04 Å². The fourth-order valence-corrected chi connectivity index (χ4v) is 3.04. The van der Waals surface area contributed by atoms with Crippen molar-refractivity contribution in [1.82, 2.24) is 5.32 Å². The summed E-state index contributed by atoms with van der Waals surface area (Å²) in [6.07, 6.45) is 3.44. The van der Waals surface area contributed by atoms with Gasteiger partial charge in [-0.25, -0.2) is 0 Å². The molecule has 0 saturated carbocycles. The Morgan fingerprint density at radius 3 is 2.43 bits per heavy atom. The first kappa shape index (κ1) is 15.2. The lowest BCUT2D eigenvalue weighted by Gasteiger charge is -2.29. The molecule has 1 saturated heterocycles. The molecule has 2 amide bonds. The lowest BCUT2D eigenvalue weighted by molar-refractivity contribution is -0.711. The average Bonchev–Trinajstić information content (AvgIpc) is 2.55. The summed E-state index contributed by atoms with van der Waals surface area (Å²) < 4.78 is 1.67. The third-order valence-electron chi connectivity index (χ3n) is 3.80. The summed E-state index contributed by atoms with van der Waals surface area (Å²) in [7, 11) is 0. The van der Waals surface area contributed by atoms with Crippen LogP contribution in [0.3, 0.4) is 0 Å². The fourth-order valence-electron chi connectivity index (χ4n) is 2.78. The van der Waals surface area contributed by atoms with Gasteiger partial charge in [0.15, 0.2) is 12.4 Å². The van der Waals surface area contributed by atoms with Crippen LogP contribution in [-0.4, -0.2) is 17.7 Å². The average molecular weight is 326 g/mol. The molecule has 114 valence electrons. The van der Waals surface area contributed by atoms with E-state index >= 15 is 0 Å². The van der Waals surface area contributed by atoms with E-state index in [0.717, 1.165) is 0 Å². The van der Waals surface area contributed by atoms with Crippen LogP contribution in [0.25, 0.3) is 5.41 Å². The van der Waals surface area contributed by atoms with Crippen molar-refractivity contribution in [2.24, 2.45) is 0 Å². The van der Waals surface area contributed by atoms with E-state index in [1.54, 1.807) is 53.4 Å². The van der Waals surface area contributed by atoms with Gasteiger partial charge in [-0.05, 0) is 11.6 Å². The van der Waals surface area contributed by atoms with Gasteiger partial charge in [-0.1, -0.05) is 35.9 Å². The van der Waals surface area contributed by atoms with Gasteiger partial charge in [-0.2, -0.15) is 4.57 Å². The Balaban J connectivity index is 2.22. The minimum absolute atomic E-state index is 0.0287. The SMILES string of the molecule is [N-]=C=C1C(=O)NC(=O)[C@H]([n+]2ccccc2)[C@@H]1c1ccccc1Cl. The number of aromatic nitrogens is 1. The molecule has 5 nitrogen and oxygen atoms in total. The number of hydrogen-bond donors (Lipinski definition) is 1. The van der Waals surface area contributed by atoms with Crippen LogP contribution in [0.4, 0.5) is 0 Å². The lowest BCUT2D eigenvalue weighted by atomic mass is 9.81. The zero-order valence-corrected chi connectivity index (χ0v) is 12.7. The van der Waals surface area contributed by atoms with Gasteiger partial charge < -0.3 is 5.41 Å². The molecule has 1 aromatic carbocycles. The van der Waals surface area contributed by atoms with E-state index in [9.17, 15) is 15.0 Å². The highest BCUT2D eigenvalue weighted by Crippen LogP contribution is 2.37. The van der Waals surface area contributed by atoms with Crippen LogP contribution in [0.2, 0.25) is 5.02 Å². The molecular formula is C17H12ClN3O2. The van der Waals surface area contributed by atoms with E-state index in [-0.39, 0.29) is 5.57 Å². The van der Waals surface area contributed by atoms with Crippen molar-refractivity contribution in [3.63, 3.8) is 0 Å². The van der Waals surface area contributed by atoms with Crippen molar-refractivity contribution in [3.8, 4) is 0 Å². The summed E-state index contributed by atoms with van der Waals surface area (Å²) in [5.74, 6) is 0.0623. The maximum absolute atomic E-state index is 12.4. The molecule has 2 heterocycles. The largest absolute Gasteiger partial charge is 0.763 e. The number of imide groups is 1. The van der Waals surface area contributed by atoms with E-state index in [0.29, 0.717) is 10.6 Å². The Bertz CT molecular complexity index is 829. The topological polar surface area (TPSA) is 72.3 Å². The quantitative estimate of drug-likeness (QED) is 0.395. The number of pyridine rings is 1. The zero-order chi connectivity index (χ0) is 16.4. The number of piperidine rings is 1. The number of halogens is 1. The molecular weight excluding hydrogens is 314 g/mol. The Morgan fingerprint density at radius 1 is 1.09 bits per heavy atom. The molecule has 0 bridgehead atoms. The van der Waals surface area contributed by atoms with Crippen molar-refractivity contribution in [3.05, 3.63) is 76.4 Å². The summed E-state index contributed by atoms with van der Waals surface area (Å²) in [5.41, 5.74) is 0.550. The monoisotopic (exact) mass is 325 g/mol. The highest BCUT2D eigenvalue weighted by molar-refractivity contribution is 6.31. The number of nitrogens with zero attached hydrogens (tertiary/aromatic N) is 2. The molecule has 2 aromatic rings. The maximum atomic E-state index is 12.4. The number of carbonyl (C=O) groups excluding carboxylic acids is 2. The van der Waals surface area contributed by atoms with Crippen LogP contribution in [0.5, 0.6) is 0 Å². The molecule has 1 aliphatic rings.